The minimum Gasteiger partial charge on any atom is -0.488 e. The minimum absolute atomic E-state index is 0.0357. The van der Waals surface area contributed by atoms with Gasteiger partial charge in [-0.05, 0) is 29.8 Å². The van der Waals surface area contributed by atoms with Crippen LogP contribution in [0.15, 0.2) is 48.0 Å². The molecule has 2 aromatic rings. The van der Waals surface area contributed by atoms with Gasteiger partial charge < -0.3 is 10.1 Å². The number of anilines is 1. The van der Waals surface area contributed by atoms with Gasteiger partial charge in [0.05, 0.1) is 10.5 Å². The fourth-order valence-corrected chi connectivity index (χ4v) is 2.48. The van der Waals surface area contributed by atoms with E-state index in [2.05, 4.69) is 5.32 Å². The summed E-state index contributed by atoms with van der Waals surface area (Å²) in [5.41, 5.74) is 1.95. The van der Waals surface area contributed by atoms with Crippen LogP contribution in [-0.2, 0) is 0 Å². The Hall–Kier alpha value is -3.15. The van der Waals surface area contributed by atoms with E-state index in [1.807, 2.05) is 0 Å². The third-order valence-corrected chi connectivity index (χ3v) is 3.64. The molecule has 1 aliphatic heterocycles. The second kappa shape index (κ2) is 5.92. The van der Waals surface area contributed by atoms with Crippen molar-refractivity contribution < 1.29 is 14.5 Å². The van der Waals surface area contributed by atoms with Gasteiger partial charge in [0.25, 0.3) is 5.69 Å². The number of fused-ring (bicyclic) bond motifs is 1. The van der Waals surface area contributed by atoms with E-state index in [0.717, 1.165) is 0 Å². The predicted octanol–water partition coefficient (Wildman–Crippen LogP) is 3.30. The monoisotopic (exact) mass is 310 g/mol. The summed E-state index contributed by atoms with van der Waals surface area (Å²) in [6.07, 6.45) is 1.63. The Balaban J connectivity index is 1.98. The van der Waals surface area contributed by atoms with Crippen LogP contribution in [0.25, 0.3) is 6.08 Å². The Morgan fingerprint density at radius 2 is 2.04 bits per heavy atom. The lowest BCUT2D eigenvalue weighted by Gasteiger charge is -2.18. The molecule has 6 nitrogen and oxygen atoms in total. The second-order valence-corrected chi connectivity index (χ2v) is 5.07. The zero-order chi connectivity index (χ0) is 16.4. The van der Waals surface area contributed by atoms with Crippen molar-refractivity contribution in [2.75, 3.05) is 19.0 Å². The fourth-order valence-electron chi connectivity index (χ4n) is 2.48. The first-order chi connectivity index (χ1) is 11.1. The van der Waals surface area contributed by atoms with Crippen molar-refractivity contribution in [1.29, 1.82) is 0 Å². The van der Waals surface area contributed by atoms with Crippen LogP contribution in [0.1, 0.15) is 15.9 Å². The number of nitrogens with one attached hydrogen (secondary N) is 1. The van der Waals surface area contributed by atoms with E-state index in [1.165, 1.54) is 6.07 Å². The Morgan fingerprint density at radius 1 is 1.26 bits per heavy atom. The van der Waals surface area contributed by atoms with Crippen LogP contribution in [0.3, 0.4) is 0 Å². The maximum Gasteiger partial charge on any atom is 0.292 e. The number of rotatable bonds is 3. The molecule has 0 bridgehead atoms. The minimum atomic E-state index is -0.456. The van der Waals surface area contributed by atoms with Crippen LogP contribution >= 0.6 is 0 Å². The van der Waals surface area contributed by atoms with Crippen molar-refractivity contribution in [3.8, 4) is 5.75 Å². The van der Waals surface area contributed by atoms with Gasteiger partial charge in [0.15, 0.2) is 5.78 Å². The Morgan fingerprint density at radius 3 is 2.78 bits per heavy atom. The highest BCUT2D eigenvalue weighted by molar-refractivity contribution is 6.14. The van der Waals surface area contributed by atoms with Crippen molar-refractivity contribution in [2.24, 2.45) is 0 Å². The summed E-state index contributed by atoms with van der Waals surface area (Å²) in [5.74, 6) is 0.443. The Kier molecular flexibility index (Phi) is 3.80. The van der Waals surface area contributed by atoms with Gasteiger partial charge in [-0.1, -0.05) is 18.2 Å². The van der Waals surface area contributed by atoms with E-state index in [-0.39, 0.29) is 18.1 Å². The summed E-state index contributed by atoms with van der Waals surface area (Å²) >= 11 is 0. The number of para-hydroxylation sites is 1. The zero-order valence-electron chi connectivity index (χ0n) is 12.4. The van der Waals surface area contributed by atoms with Gasteiger partial charge in [-0.2, -0.15) is 0 Å². The number of hydrogen-bond donors (Lipinski definition) is 1. The molecule has 6 heteroatoms. The number of ether oxygens (including phenoxy) is 1. The molecule has 0 unspecified atom stereocenters. The first kappa shape index (κ1) is 14.8. The fraction of sp³-hybridized carbons (Fsp3) is 0.118. The summed E-state index contributed by atoms with van der Waals surface area (Å²) in [5, 5.41) is 13.9. The molecule has 0 radical (unpaired) electrons. The molecular weight excluding hydrogens is 296 g/mol. The third kappa shape index (κ3) is 2.78. The lowest BCUT2D eigenvalue weighted by molar-refractivity contribution is -0.383. The molecule has 0 spiro atoms. The molecule has 0 saturated carbocycles. The Labute approximate surface area is 132 Å². The predicted molar refractivity (Wildman–Crippen MR) is 86.9 cm³/mol. The number of ketones is 1. The van der Waals surface area contributed by atoms with E-state index < -0.39 is 4.92 Å². The maximum atomic E-state index is 12.5. The highest BCUT2D eigenvalue weighted by Crippen LogP contribution is 2.29. The topological polar surface area (TPSA) is 81.5 Å². The number of nitrogens with zero attached hydrogens (tertiary/aromatic N) is 1. The van der Waals surface area contributed by atoms with E-state index in [4.69, 9.17) is 4.74 Å². The first-order valence-electron chi connectivity index (χ1n) is 7.03. The summed E-state index contributed by atoms with van der Waals surface area (Å²) in [6.45, 7) is 0.150. The number of hydrogen-bond acceptors (Lipinski definition) is 5. The van der Waals surface area contributed by atoms with Crippen molar-refractivity contribution >= 4 is 23.2 Å². The third-order valence-electron chi connectivity index (χ3n) is 3.64. The molecule has 116 valence electrons. The molecule has 0 aromatic heterocycles. The van der Waals surface area contributed by atoms with E-state index >= 15 is 0 Å². The average molecular weight is 310 g/mol. The molecule has 0 amide bonds. The van der Waals surface area contributed by atoms with Crippen LogP contribution in [0, 0.1) is 10.1 Å². The molecule has 0 saturated heterocycles. The second-order valence-electron chi connectivity index (χ2n) is 5.07. The molecule has 1 heterocycles. The van der Waals surface area contributed by atoms with E-state index in [1.54, 1.807) is 49.5 Å². The average Bonchev–Trinajstić information content (AvgIpc) is 2.57. The highest BCUT2D eigenvalue weighted by Gasteiger charge is 2.23. The van der Waals surface area contributed by atoms with Crippen LogP contribution in [0.4, 0.5) is 11.4 Å². The molecule has 1 aliphatic rings. The maximum absolute atomic E-state index is 12.5. The lowest BCUT2D eigenvalue weighted by Crippen LogP contribution is -2.18. The molecule has 3 rings (SSSR count). The van der Waals surface area contributed by atoms with Gasteiger partial charge in [0.1, 0.15) is 18.0 Å². The van der Waals surface area contributed by atoms with Crippen molar-refractivity contribution in [3.05, 3.63) is 69.3 Å². The number of carbonyl (C=O) groups excluding carboxylic acids is 1. The molecule has 0 atom stereocenters. The number of Topliss-reactive ketones (excluding diaryl/α,β-unsaturated/α-hetero) is 1. The van der Waals surface area contributed by atoms with Crippen LogP contribution in [0.2, 0.25) is 0 Å². The number of carbonyl (C=O) groups is 1. The smallest absolute Gasteiger partial charge is 0.292 e. The molecule has 1 N–H and O–H groups in total. The van der Waals surface area contributed by atoms with Crippen LogP contribution in [-0.4, -0.2) is 24.4 Å². The molecule has 2 aromatic carbocycles. The van der Waals surface area contributed by atoms with Gasteiger partial charge in [0, 0.05) is 18.7 Å². The molecule has 0 fully saturated rings. The summed E-state index contributed by atoms with van der Waals surface area (Å²) < 4.78 is 5.57. The normalized spacial score (nSPS) is 15.0. The van der Waals surface area contributed by atoms with Crippen LogP contribution in [0.5, 0.6) is 5.75 Å². The summed E-state index contributed by atoms with van der Waals surface area (Å²) in [4.78, 5) is 23.1. The zero-order valence-corrected chi connectivity index (χ0v) is 12.4. The SMILES string of the molecule is CNc1ccc(/C=C2\COc3ccccc3C2=O)cc1[N+](=O)[O-]. The number of nitro groups is 1. The van der Waals surface area contributed by atoms with Gasteiger partial charge in [-0.15, -0.1) is 0 Å². The summed E-state index contributed by atoms with van der Waals surface area (Å²) in [7, 11) is 1.62. The van der Waals surface area contributed by atoms with E-state index in [9.17, 15) is 14.9 Å². The quantitative estimate of drug-likeness (QED) is 0.534. The van der Waals surface area contributed by atoms with Gasteiger partial charge in [-0.25, -0.2) is 0 Å². The Bertz CT molecular complexity index is 827. The first-order valence-corrected chi connectivity index (χ1v) is 7.03. The van der Waals surface area contributed by atoms with Gasteiger partial charge in [0.2, 0.25) is 0 Å². The standard InChI is InChI=1S/C17H14N2O4/c1-18-14-7-6-11(9-15(14)19(21)22)8-12-10-23-16-5-3-2-4-13(16)17(12)20/h2-9,18H,10H2,1H3/b12-8+. The van der Waals surface area contributed by atoms with Crippen molar-refractivity contribution in [2.45, 2.75) is 0 Å². The number of nitro benzene ring substituents is 1. The highest BCUT2D eigenvalue weighted by atomic mass is 16.6. The van der Waals surface area contributed by atoms with Gasteiger partial charge in [-0.3, -0.25) is 14.9 Å². The van der Waals surface area contributed by atoms with Crippen molar-refractivity contribution in [1.82, 2.24) is 0 Å². The molecule has 23 heavy (non-hydrogen) atoms. The molecule has 0 aliphatic carbocycles. The largest absolute Gasteiger partial charge is 0.488 e. The van der Waals surface area contributed by atoms with Gasteiger partial charge >= 0.3 is 0 Å². The number of benzene rings is 2. The molecular formula is C17H14N2O4. The summed E-state index contributed by atoms with van der Waals surface area (Å²) in [6, 6.07) is 11.8. The van der Waals surface area contributed by atoms with E-state index in [0.29, 0.717) is 28.1 Å². The van der Waals surface area contributed by atoms with Crippen molar-refractivity contribution in [3.63, 3.8) is 0 Å². The van der Waals surface area contributed by atoms with Crippen LogP contribution < -0.4 is 10.1 Å². The lowest BCUT2D eigenvalue weighted by atomic mass is 9.98.